The number of phosphoric acid groups is 3. The van der Waals surface area contributed by atoms with Crippen LogP contribution in [0, 0.1) is 6.92 Å². The molecule has 2 amide bonds. The summed E-state index contributed by atoms with van der Waals surface area (Å²) < 4.78 is 50.8. The molecule has 20 heteroatoms. The van der Waals surface area contributed by atoms with Crippen LogP contribution in [-0.2, 0) is 38.1 Å². The first-order valence-electron chi connectivity index (χ1n) is 8.21. The number of carbonyl (C=O) groups excluding carboxylic acids is 1. The van der Waals surface area contributed by atoms with E-state index in [-0.39, 0.29) is 18.8 Å². The van der Waals surface area contributed by atoms with Gasteiger partial charge in [0.15, 0.2) is 12.1 Å². The number of amides is 2. The van der Waals surface area contributed by atoms with Crippen LogP contribution in [-0.4, -0.2) is 64.4 Å². The Balaban J connectivity index is 1.67. The number of nitrogens with one attached hydrogen (secondary N) is 1. The Bertz CT molecular complexity index is 1020. The maximum absolute atomic E-state index is 12.3. The highest BCUT2D eigenvalue weighted by Crippen LogP contribution is 2.66. The molecular weight excluding hydrogens is 489 g/mol. The minimum Gasteiger partial charge on any atom is -0.388 e. The molecule has 17 nitrogen and oxygen atoms in total. The summed E-state index contributed by atoms with van der Waals surface area (Å²) in [6, 6.07) is 0.991. The van der Waals surface area contributed by atoms with Crippen LogP contribution in [0.3, 0.4) is 0 Å². The van der Waals surface area contributed by atoms with Crippen LogP contribution < -0.4 is 5.32 Å². The molecule has 31 heavy (non-hydrogen) atoms. The second-order valence-corrected chi connectivity index (χ2v) is 10.7. The van der Waals surface area contributed by atoms with Crippen molar-refractivity contribution in [2.75, 3.05) is 5.32 Å². The summed E-state index contributed by atoms with van der Waals surface area (Å²) >= 11 is 0. The Hall–Kier alpha value is -1.32. The first-order chi connectivity index (χ1) is 14.1. The largest absolute Gasteiger partial charge is 0.490 e. The molecule has 1 saturated heterocycles. The Morgan fingerprint density at radius 3 is 2.48 bits per heavy atom. The number of urea groups is 1. The SMILES string of the molecule is Cc1cc2c(nn1)NC(=O)N(C1CC(O)C(OP(=O)(O)OP(=O)(O)OP(=O)(O)O)O1)C2. The second kappa shape index (κ2) is 8.56. The quantitative estimate of drug-likeness (QED) is 0.264. The molecule has 5 unspecified atom stereocenters. The minimum absolute atomic E-state index is 0.00309. The number of aliphatic hydroxyl groups is 1. The van der Waals surface area contributed by atoms with Crippen LogP contribution in [0.5, 0.6) is 0 Å². The van der Waals surface area contributed by atoms with Crippen LogP contribution >= 0.6 is 23.5 Å². The summed E-state index contributed by atoms with van der Waals surface area (Å²) in [6.45, 7) is 1.68. The van der Waals surface area contributed by atoms with Gasteiger partial charge in [-0.1, -0.05) is 0 Å². The summed E-state index contributed by atoms with van der Waals surface area (Å²) in [5.41, 5.74) is 1.16. The smallest absolute Gasteiger partial charge is 0.388 e. The zero-order valence-electron chi connectivity index (χ0n) is 15.4. The number of fused-ring (bicyclic) bond motifs is 1. The third-order valence-electron chi connectivity index (χ3n) is 3.87. The Kier molecular flexibility index (Phi) is 6.71. The average molecular weight is 506 g/mol. The van der Waals surface area contributed by atoms with Crippen LogP contribution in [0.1, 0.15) is 17.7 Å². The van der Waals surface area contributed by atoms with Crippen molar-refractivity contribution in [2.45, 2.75) is 38.5 Å². The fourth-order valence-electron chi connectivity index (χ4n) is 2.77. The van der Waals surface area contributed by atoms with Gasteiger partial charge >= 0.3 is 29.5 Å². The lowest BCUT2D eigenvalue weighted by molar-refractivity contribution is -0.143. The lowest BCUT2D eigenvalue weighted by Gasteiger charge is -2.32. The van der Waals surface area contributed by atoms with Crippen molar-refractivity contribution in [2.24, 2.45) is 0 Å². The van der Waals surface area contributed by atoms with Gasteiger partial charge in [-0.05, 0) is 13.0 Å². The van der Waals surface area contributed by atoms with Crippen molar-refractivity contribution in [1.29, 1.82) is 0 Å². The number of ether oxygens (including phenoxy) is 1. The molecule has 2 aliphatic rings. The van der Waals surface area contributed by atoms with Crippen LogP contribution in [0.15, 0.2) is 6.07 Å². The van der Waals surface area contributed by atoms with Gasteiger partial charge in [0.2, 0.25) is 0 Å². The molecule has 0 radical (unpaired) electrons. The first kappa shape index (κ1) is 24.3. The third-order valence-corrected chi connectivity index (χ3v) is 7.67. The molecule has 0 aromatic carbocycles. The van der Waals surface area contributed by atoms with Gasteiger partial charge in [-0.3, -0.25) is 14.7 Å². The molecular formula is C11H17N4O13P3. The molecule has 3 heterocycles. The molecule has 5 atom stereocenters. The van der Waals surface area contributed by atoms with Gasteiger partial charge in [0.1, 0.15) is 12.3 Å². The molecule has 1 fully saturated rings. The van der Waals surface area contributed by atoms with E-state index in [2.05, 4.69) is 28.7 Å². The molecule has 0 spiro atoms. The topological polar surface area (TPSA) is 247 Å². The average Bonchev–Trinajstić information content (AvgIpc) is 2.90. The van der Waals surface area contributed by atoms with Gasteiger partial charge in [0.05, 0.1) is 12.2 Å². The summed E-state index contributed by atoms with van der Waals surface area (Å²) in [7, 11) is -16.8. The zero-order chi connectivity index (χ0) is 23.2. The van der Waals surface area contributed by atoms with Crippen LogP contribution in [0.2, 0.25) is 0 Å². The van der Waals surface area contributed by atoms with Crippen molar-refractivity contribution in [3.05, 3.63) is 17.3 Å². The number of hydrogen-bond donors (Lipinski definition) is 6. The Labute approximate surface area is 173 Å². The predicted octanol–water partition coefficient (Wildman–Crippen LogP) is -0.0908. The molecule has 1 aromatic heterocycles. The summed E-state index contributed by atoms with van der Waals surface area (Å²) in [5, 5.41) is 20.2. The summed E-state index contributed by atoms with van der Waals surface area (Å²) in [6.07, 6.45) is -4.90. The lowest BCUT2D eigenvalue weighted by atomic mass is 10.1. The molecule has 2 aliphatic heterocycles. The third kappa shape index (κ3) is 6.35. The first-order valence-corrected chi connectivity index (χ1v) is 12.7. The van der Waals surface area contributed by atoms with Crippen molar-refractivity contribution in [1.82, 2.24) is 15.1 Å². The molecule has 174 valence electrons. The number of carbonyl (C=O) groups is 1. The Morgan fingerprint density at radius 2 is 1.84 bits per heavy atom. The number of aromatic nitrogens is 2. The van der Waals surface area contributed by atoms with Crippen LogP contribution in [0.25, 0.3) is 0 Å². The van der Waals surface area contributed by atoms with E-state index < -0.39 is 48.1 Å². The zero-order valence-corrected chi connectivity index (χ0v) is 18.1. The second-order valence-electron chi connectivity index (χ2n) is 6.38. The van der Waals surface area contributed by atoms with Gasteiger partial charge in [-0.2, -0.15) is 13.7 Å². The molecule has 3 rings (SSSR count). The van der Waals surface area contributed by atoms with E-state index in [4.69, 9.17) is 19.4 Å². The normalized spacial score (nSPS) is 27.9. The highest BCUT2D eigenvalue weighted by Gasteiger charge is 2.47. The van der Waals surface area contributed by atoms with Crippen molar-refractivity contribution >= 4 is 35.3 Å². The number of phosphoric ester groups is 1. The van der Waals surface area contributed by atoms with Gasteiger partial charge < -0.3 is 29.4 Å². The number of rotatable bonds is 7. The maximum Gasteiger partial charge on any atom is 0.490 e. The molecule has 1 aromatic rings. The highest BCUT2D eigenvalue weighted by molar-refractivity contribution is 7.66. The van der Waals surface area contributed by atoms with Gasteiger partial charge in [0.25, 0.3) is 0 Å². The molecule has 6 N–H and O–H groups in total. The molecule has 0 saturated carbocycles. The van der Waals surface area contributed by atoms with Gasteiger partial charge in [0, 0.05) is 12.0 Å². The van der Waals surface area contributed by atoms with Gasteiger partial charge in [-0.25, -0.2) is 18.5 Å². The number of anilines is 1. The van der Waals surface area contributed by atoms with E-state index in [0.29, 0.717) is 11.3 Å². The lowest BCUT2D eigenvalue weighted by Crippen LogP contribution is -2.45. The van der Waals surface area contributed by atoms with Gasteiger partial charge in [-0.15, -0.1) is 5.10 Å². The van der Waals surface area contributed by atoms with Crippen molar-refractivity contribution in [3.63, 3.8) is 0 Å². The van der Waals surface area contributed by atoms with E-state index in [1.165, 1.54) is 0 Å². The fourth-order valence-corrected chi connectivity index (χ4v) is 5.89. The van der Waals surface area contributed by atoms with E-state index >= 15 is 0 Å². The number of aliphatic hydroxyl groups excluding tert-OH is 1. The number of nitrogens with zero attached hydrogens (tertiary/aromatic N) is 3. The van der Waals surface area contributed by atoms with E-state index in [1.807, 2.05) is 0 Å². The highest BCUT2D eigenvalue weighted by atomic mass is 31.3. The van der Waals surface area contributed by atoms with E-state index in [0.717, 1.165) is 4.90 Å². The number of hydrogen-bond acceptors (Lipinski definition) is 11. The minimum atomic E-state index is -5.73. The standard InChI is InChI=1S/C11H17N4O13P3/c1-5-2-6-4-15(11(17)12-9(6)14-13-5)8-3-7(16)10(25-8)26-30(21,22)28-31(23,24)27-29(18,19)20/h2,7-8,10,16H,3-4H2,1H3,(H,21,22)(H,23,24)(H,12,14,17)(H2,18,19,20). The monoisotopic (exact) mass is 506 g/mol. The summed E-state index contributed by atoms with van der Waals surface area (Å²) in [5.74, 6) is 0.232. The van der Waals surface area contributed by atoms with Crippen molar-refractivity contribution in [3.8, 4) is 0 Å². The Morgan fingerprint density at radius 1 is 1.16 bits per heavy atom. The number of aryl methyl sites for hydroxylation is 1. The van der Waals surface area contributed by atoms with Crippen LogP contribution in [0.4, 0.5) is 10.6 Å². The van der Waals surface area contributed by atoms with E-state index in [1.54, 1.807) is 13.0 Å². The molecule has 0 aliphatic carbocycles. The maximum atomic E-state index is 12.3. The summed E-state index contributed by atoms with van der Waals surface area (Å²) in [4.78, 5) is 49.2. The predicted molar refractivity (Wildman–Crippen MR) is 95.6 cm³/mol. The van der Waals surface area contributed by atoms with Crippen molar-refractivity contribution < 1.29 is 61.1 Å². The van der Waals surface area contributed by atoms with E-state index in [9.17, 15) is 28.5 Å². The fraction of sp³-hybridized carbons (Fsp3) is 0.545. The molecule has 0 bridgehead atoms.